The fraction of sp³-hybridized carbons (Fsp3) is 0.444. The number of nitrogens with zero attached hydrogens (tertiary/aromatic N) is 2. The van der Waals surface area contributed by atoms with Crippen molar-refractivity contribution in [1.82, 2.24) is 15.6 Å². The predicted molar refractivity (Wildman–Crippen MR) is 109 cm³/mol. The van der Waals surface area contributed by atoms with Crippen LogP contribution < -0.4 is 15.4 Å². The largest absolute Gasteiger partial charge is 0.496 e. The first kappa shape index (κ1) is 19.7. The van der Waals surface area contributed by atoms with Crippen molar-refractivity contribution in [3.8, 4) is 5.75 Å². The van der Waals surface area contributed by atoms with Crippen LogP contribution in [0.25, 0.3) is 0 Å². The van der Waals surface area contributed by atoms with Crippen LogP contribution in [-0.2, 0) is 13.0 Å². The first-order valence-electron chi connectivity index (χ1n) is 8.31. The Morgan fingerprint density at radius 3 is 2.72 bits per heavy atom. The average Bonchev–Trinajstić information content (AvgIpc) is 2.90. The number of methoxy groups -OCH3 is 1. The summed E-state index contributed by atoms with van der Waals surface area (Å²) in [5.74, 6) is 1.64. The van der Waals surface area contributed by atoms with Crippen LogP contribution in [0.15, 0.2) is 27.7 Å². The molecule has 0 aliphatic heterocycles. The van der Waals surface area contributed by atoms with Crippen LogP contribution in [0.3, 0.4) is 0 Å². The second kappa shape index (κ2) is 9.77. The highest BCUT2D eigenvalue weighted by molar-refractivity contribution is 9.10. The summed E-state index contributed by atoms with van der Waals surface area (Å²) in [6, 6.07) is 6.01. The van der Waals surface area contributed by atoms with Crippen LogP contribution in [0, 0.1) is 13.8 Å². The number of aliphatic imine (C=N–C) groups is 1. The molecule has 0 bridgehead atoms. The third-order valence-electron chi connectivity index (χ3n) is 3.68. The van der Waals surface area contributed by atoms with Crippen molar-refractivity contribution >= 4 is 33.2 Å². The number of guanidine groups is 1. The van der Waals surface area contributed by atoms with Crippen LogP contribution in [0.1, 0.15) is 28.1 Å². The van der Waals surface area contributed by atoms with Gasteiger partial charge in [-0.2, -0.15) is 0 Å². The molecule has 0 atom stereocenters. The lowest BCUT2D eigenvalue weighted by atomic mass is 10.2. The van der Waals surface area contributed by atoms with Crippen molar-refractivity contribution in [2.24, 2.45) is 4.99 Å². The number of nitrogens with one attached hydrogen (secondary N) is 2. The van der Waals surface area contributed by atoms with Gasteiger partial charge in [-0.25, -0.2) is 9.98 Å². The maximum Gasteiger partial charge on any atom is 0.191 e. The van der Waals surface area contributed by atoms with Gasteiger partial charge in [-0.1, -0.05) is 6.07 Å². The molecule has 136 valence electrons. The van der Waals surface area contributed by atoms with E-state index in [0.29, 0.717) is 6.54 Å². The summed E-state index contributed by atoms with van der Waals surface area (Å²) in [5.41, 5.74) is 2.25. The number of ether oxygens (including phenoxy) is 1. The molecule has 5 nitrogen and oxygen atoms in total. The molecule has 0 aliphatic carbocycles. The Labute approximate surface area is 162 Å². The number of aryl methyl sites for hydroxylation is 2. The van der Waals surface area contributed by atoms with Gasteiger partial charge in [0.15, 0.2) is 5.96 Å². The van der Waals surface area contributed by atoms with E-state index in [4.69, 9.17) is 4.74 Å². The number of halogens is 1. The Morgan fingerprint density at radius 1 is 1.32 bits per heavy atom. The molecule has 0 aliphatic rings. The van der Waals surface area contributed by atoms with Gasteiger partial charge in [0, 0.05) is 24.4 Å². The summed E-state index contributed by atoms with van der Waals surface area (Å²) < 4.78 is 6.20. The molecule has 0 saturated heterocycles. The number of thiazole rings is 1. The van der Waals surface area contributed by atoms with Crippen LogP contribution in [-0.4, -0.2) is 31.1 Å². The van der Waals surface area contributed by atoms with Gasteiger partial charge < -0.3 is 15.4 Å². The van der Waals surface area contributed by atoms with Crippen molar-refractivity contribution in [3.05, 3.63) is 43.8 Å². The Morgan fingerprint density at radius 2 is 2.12 bits per heavy atom. The summed E-state index contributed by atoms with van der Waals surface area (Å²) in [5, 5.41) is 7.82. The number of aromatic nitrogens is 1. The van der Waals surface area contributed by atoms with Gasteiger partial charge >= 0.3 is 0 Å². The van der Waals surface area contributed by atoms with Gasteiger partial charge in [-0.05, 0) is 54.4 Å². The number of rotatable bonds is 7. The minimum absolute atomic E-state index is 0.605. The third-order valence-corrected chi connectivity index (χ3v) is 5.44. The molecule has 0 spiro atoms. The fourth-order valence-corrected chi connectivity index (χ4v) is 3.78. The van der Waals surface area contributed by atoms with E-state index in [9.17, 15) is 0 Å². The van der Waals surface area contributed by atoms with Gasteiger partial charge in [-0.15, -0.1) is 11.3 Å². The second-order valence-electron chi connectivity index (χ2n) is 5.59. The summed E-state index contributed by atoms with van der Waals surface area (Å²) in [4.78, 5) is 10.5. The fourth-order valence-electron chi connectivity index (χ4n) is 2.25. The van der Waals surface area contributed by atoms with Gasteiger partial charge in [0.1, 0.15) is 5.75 Å². The molecule has 0 radical (unpaired) electrons. The first-order chi connectivity index (χ1) is 12.0. The predicted octanol–water partition coefficient (Wildman–Crippen LogP) is 3.83. The smallest absolute Gasteiger partial charge is 0.191 e. The van der Waals surface area contributed by atoms with Gasteiger partial charge in [0.2, 0.25) is 0 Å². The normalized spacial score (nSPS) is 11.5. The molecule has 1 aromatic carbocycles. The summed E-state index contributed by atoms with van der Waals surface area (Å²) in [7, 11) is 1.66. The Kier molecular flexibility index (Phi) is 7.71. The highest BCUT2D eigenvalue weighted by atomic mass is 79.9. The molecule has 2 N–H and O–H groups in total. The lowest BCUT2D eigenvalue weighted by Crippen LogP contribution is -2.38. The molecule has 2 rings (SSSR count). The highest BCUT2D eigenvalue weighted by Gasteiger charge is 2.05. The van der Waals surface area contributed by atoms with E-state index in [1.807, 2.05) is 18.2 Å². The standard InChI is InChI=1S/C18H25BrN4OS/c1-5-20-18(21-9-8-17-23-12(2)13(3)25-17)22-11-14-6-7-16(24-4)15(19)10-14/h6-7,10H,5,8-9,11H2,1-4H3,(H2,20,21,22). The van der Waals surface area contributed by atoms with Gasteiger partial charge in [0.05, 0.1) is 28.8 Å². The van der Waals surface area contributed by atoms with E-state index >= 15 is 0 Å². The molecule has 2 aromatic rings. The number of hydrogen-bond acceptors (Lipinski definition) is 4. The molecule has 25 heavy (non-hydrogen) atoms. The van der Waals surface area contributed by atoms with Gasteiger partial charge in [0.25, 0.3) is 0 Å². The van der Waals surface area contributed by atoms with Crippen LogP contribution in [0.2, 0.25) is 0 Å². The van der Waals surface area contributed by atoms with E-state index in [1.54, 1.807) is 18.4 Å². The minimum Gasteiger partial charge on any atom is -0.496 e. The Balaban J connectivity index is 1.92. The van der Waals surface area contributed by atoms with Crippen LogP contribution in [0.4, 0.5) is 0 Å². The molecule has 0 saturated carbocycles. The topological polar surface area (TPSA) is 58.5 Å². The second-order valence-corrected chi connectivity index (χ2v) is 7.73. The van der Waals surface area contributed by atoms with Crippen molar-refractivity contribution in [1.29, 1.82) is 0 Å². The zero-order chi connectivity index (χ0) is 18.2. The van der Waals surface area contributed by atoms with Crippen molar-refractivity contribution in [3.63, 3.8) is 0 Å². The van der Waals surface area contributed by atoms with Crippen molar-refractivity contribution < 1.29 is 4.74 Å². The SMILES string of the molecule is CCNC(=NCc1ccc(OC)c(Br)c1)NCCc1nc(C)c(C)s1. The number of benzene rings is 1. The lowest BCUT2D eigenvalue weighted by molar-refractivity contribution is 0.412. The van der Waals surface area contributed by atoms with E-state index in [1.165, 1.54) is 4.88 Å². The molecular weight excluding hydrogens is 400 g/mol. The van der Waals surface area contributed by atoms with E-state index in [-0.39, 0.29) is 0 Å². The molecular formula is C18H25BrN4OS. The maximum atomic E-state index is 5.26. The molecule has 0 amide bonds. The monoisotopic (exact) mass is 424 g/mol. The number of hydrogen-bond donors (Lipinski definition) is 2. The average molecular weight is 425 g/mol. The highest BCUT2D eigenvalue weighted by Crippen LogP contribution is 2.25. The molecule has 7 heteroatoms. The first-order valence-corrected chi connectivity index (χ1v) is 9.92. The molecule has 1 aromatic heterocycles. The van der Waals surface area contributed by atoms with E-state index < -0.39 is 0 Å². The lowest BCUT2D eigenvalue weighted by Gasteiger charge is -2.11. The minimum atomic E-state index is 0.605. The molecule has 0 fully saturated rings. The Bertz CT molecular complexity index is 710. The van der Waals surface area contributed by atoms with E-state index in [2.05, 4.69) is 57.3 Å². The third kappa shape index (κ3) is 6.01. The van der Waals surface area contributed by atoms with Gasteiger partial charge in [-0.3, -0.25) is 0 Å². The van der Waals surface area contributed by atoms with Crippen LogP contribution >= 0.6 is 27.3 Å². The zero-order valence-electron chi connectivity index (χ0n) is 15.1. The quantitative estimate of drug-likeness (QED) is 0.523. The van der Waals surface area contributed by atoms with Crippen molar-refractivity contribution in [2.75, 3.05) is 20.2 Å². The summed E-state index contributed by atoms with van der Waals surface area (Å²) in [6.45, 7) is 8.48. The van der Waals surface area contributed by atoms with E-state index in [0.717, 1.165) is 52.0 Å². The molecule has 1 heterocycles. The summed E-state index contributed by atoms with van der Waals surface area (Å²) in [6.07, 6.45) is 0.901. The summed E-state index contributed by atoms with van der Waals surface area (Å²) >= 11 is 5.28. The molecule has 0 unspecified atom stereocenters. The maximum absolute atomic E-state index is 5.26. The zero-order valence-corrected chi connectivity index (χ0v) is 17.6. The van der Waals surface area contributed by atoms with Crippen molar-refractivity contribution in [2.45, 2.75) is 33.7 Å². The van der Waals surface area contributed by atoms with Crippen LogP contribution in [0.5, 0.6) is 5.75 Å². The Hall–Kier alpha value is -1.60.